The Labute approximate surface area is 213 Å². The summed E-state index contributed by atoms with van der Waals surface area (Å²) in [6.07, 6.45) is -0.269. The van der Waals surface area contributed by atoms with Gasteiger partial charge < -0.3 is 20.6 Å². The number of carbonyl (C=O) groups excluding carboxylic acids is 1. The largest absolute Gasteiger partial charge is 0.508 e. The molecule has 34 heavy (non-hydrogen) atoms. The predicted molar refractivity (Wildman–Crippen MR) is 141 cm³/mol. The van der Waals surface area contributed by atoms with Crippen LogP contribution in [-0.4, -0.2) is 41.6 Å². The fourth-order valence-corrected chi connectivity index (χ4v) is 4.28. The third-order valence-corrected chi connectivity index (χ3v) is 6.26. The van der Waals surface area contributed by atoms with Gasteiger partial charge in [0.05, 0.1) is 11.4 Å². The zero-order chi connectivity index (χ0) is 24.2. The molecule has 0 aliphatic carbocycles. The maximum atomic E-state index is 13.3. The Kier molecular flexibility index (Phi) is 7.36. The first kappa shape index (κ1) is 24.0. The van der Waals surface area contributed by atoms with Crippen LogP contribution < -0.4 is 15.5 Å². The topological polar surface area (TPSA) is 77.0 Å². The van der Waals surface area contributed by atoms with Crippen molar-refractivity contribution in [2.24, 2.45) is 4.99 Å². The van der Waals surface area contributed by atoms with Crippen LogP contribution in [0, 0.1) is 0 Å². The van der Waals surface area contributed by atoms with Gasteiger partial charge in [0.2, 0.25) is 6.17 Å². The van der Waals surface area contributed by atoms with Crippen molar-refractivity contribution in [2.75, 3.05) is 18.5 Å². The number of phenolic OH excluding ortho intramolecular Hbond substituents is 1. The van der Waals surface area contributed by atoms with E-state index in [1.165, 1.54) is 4.90 Å². The van der Waals surface area contributed by atoms with Crippen molar-refractivity contribution in [3.05, 3.63) is 93.5 Å². The minimum atomic E-state index is -0.962. The number of thiocarbonyl (C=S) groups is 1. The number of aliphatic imine (C=N–C) groups is 1. The number of rotatable bonds is 5. The van der Waals surface area contributed by atoms with Crippen LogP contribution in [0.5, 0.6) is 5.75 Å². The summed E-state index contributed by atoms with van der Waals surface area (Å²) in [4.78, 5) is 19.6. The molecule has 3 N–H and O–H groups in total. The first-order valence-electron chi connectivity index (χ1n) is 10.6. The average molecular weight is 513 g/mol. The molecule has 9 heteroatoms. The molecule has 174 valence electrons. The quantitative estimate of drug-likeness (QED) is 0.437. The molecule has 1 aliphatic heterocycles. The summed E-state index contributed by atoms with van der Waals surface area (Å²) >= 11 is 18.2. The second-order valence-electron chi connectivity index (χ2n) is 7.74. The Morgan fingerprint density at radius 3 is 2.56 bits per heavy atom. The smallest absolute Gasteiger partial charge is 0.272 e. The van der Waals surface area contributed by atoms with Crippen LogP contribution in [0.15, 0.2) is 71.7 Å². The summed E-state index contributed by atoms with van der Waals surface area (Å²) in [6, 6.07) is 19.6. The number of likely N-dealkylation sites (N-methyl/N-ethyl adjacent to an activating group) is 1. The highest BCUT2D eigenvalue weighted by Crippen LogP contribution is 2.31. The number of aromatic hydroxyl groups is 1. The van der Waals surface area contributed by atoms with E-state index in [2.05, 4.69) is 10.6 Å². The Morgan fingerprint density at radius 1 is 1.09 bits per heavy atom. The lowest BCUT2D eigenvalue weighted by atomic mass is 10.00. The van der Waals surface area contributed by atoms with Crippen LogP contribution in [-0.2, 0) is 11.2 Å². The van der Waals surface area contributed by atoms with Crippen molar-refractivity contribution < 1.29 is 9.90 Å². The molecule has 1 atom stereocenters. The third-order valence-electron chi connectivity index (χ3n) is 5.43. The molecule has 0 radical (unpaired) electrons. The number of phenols is 1. The van der Waals surface area contributed by atoms with Crippen LogP contribution in [0.1, 0.15) is 16.7 Å². The Bertz CT molecular complexity index is 1260. The number of benzodiazepines with no additional fused rings is 1. The number of nitrogens with one attached hydrogen (secondary N) is 2. The number of halogens is 2. The lowest BCUT2D eigenvalue weighted by Crippen LogP contribution is -2.49. The fraction of sp³-hybridized carbons (Fsp3) is 0.160. The molecule has 6 nitrogen and oxygen atoms in total. The lowest BCUT2D eigenvalue weighted by Gasteiger charge is -2.22. The highest BCUT2D eigenvalue weighted by molar-refractivity contribution is 7.80. The van der Waals surface area contributed by atoms with E-state index in [1.807, 2.05) is 30.3 Å². The molecule has 0 saturated carbocycles. The summed E-state index contributed by atoms with van der Waals surface area (Å²) in [6.45, 7) is 0.546. The first-order chi connectivity index (χ1) is 16.3. The van der Waals surface area contributed by atoms with Gasteiger partial charge in [0.15, 0.2) is 5.11 Å². The highest BCUT2D eigenvalue weighted by Gasteiger charge is 2.31. The summed E-state index contributed by atoms with van der Waals surface area (Å²) in [5.74, 6) is -0.0485. The summed E-state index contributed by atoms with van der Waals surface area (Å²) < 4.78 is 0. The van der Waals surface area contributed by atoms with E-state index in [1.54, 1.807) is 43.4 Å². The average Bonchev–Trinajstić information content (AvgIpc) is 2.91. The second-order valence-corrected chi connectivity index (χ2v) is 8.99. The van der Waals surface area contributed by atoms with Crippen molar-refractivity contribution in [1.82, 2.24) is 10.6 Å². The van der Waals surface area contributed by atoms with Gasteiger partial charge in [-0.3, -0.25) is 4.79 Å². The molecule has 0 saturated heterocycles. The fourth-order valence-electron chi connectivity index (χ4n) is 3.67. The van der Waals surface area contributed by atoms with E-state index in [0.29, 0.717) is 50.6 Å². The summed E-state index contributed by atoms with van der Waals surface area (Å²) in [5.41, 5.74) is 3.65. The SMILES string of the molecule is CN1C(=O)C(NC(=S)NCCc2ccc(O)cc2)N=C(c2ccccc2Cl)c2cc(Cl)ccc21. The molecule has 3 aromatic carbocycles. The maximum absolute atomic E-state index is 13.3. The normalized spacial score (nSPS) is 15.3. The molecular formula is C25H22Cl2N4O2S. The van der Waals surface area contributed by atoms with Gasteiger partial charge >= 0.3 is 0 Å². The Balaban J connectivity index is 1.59. The van der Waals surface area contributed by atoms with Crippen LogP contribution >= 0.6 is 35.4 Å². The van der Waals surface area contributed by atoms with Gasteiger partial charge in [0.25, 0.3) is 5.91 Å². The van der Waals surface area contributed by atoms with Crippen LogP contribution in [0.2, 0.25) is 10.0 Å². The van der Waals surface area contributed by atoms with Gasteiger partial charge in [-0.05, 0) is 60.6 Å². The minimum Gasteiger partial charge on any atom is -0.508 e. The summed E-state index contributed by atoms with van der Waals surface area (Å²) in [5, 5.41) is 16.9. The van der Waals surface area contributed by atoms with Gasteiger partial charge in [-0.1, -0.05) is 53.5 Å². The lowest BCUT2D eigenvalue weighted by molar-refractivity contribution is -0.119. The van der Waals surface area contributed by atoms with E-state index in [9.17, 15) is 9.90 Å². The van der Waals surface area contributed by atoms with E-state index in [0.717, 1.165) is 5.56 Å². The van der Waals surface area contributed by atoms with Gasteiger partial charge in [-0.25, -0.2) is 4.99 Å². The van der Waals surface area contributed by atoms with Crippen molar-refractivity contribution in [1.29, 1.82) is 0 Å². The maximum Gasteiger partial charge on any atom is 0.272 e. The molecule has 1 unspecified atom stereocenters. The zero-order valence-corrected chi connectivity index (χ0v) is 20.6. The molecular weight excluding hydrogens is 491 g/mol. The predicted octanol–water partition coefficient (Wildman–Crippen LogP) is 4.55. The second kappa shape index (κ2) is 10.4. The number of carbonyl (C=O) groups is 1. The van der Waals surface area contributed by atoms with Crippen LogP contribution in [0.25, 0.3) is 0 Å². The minimum absolute atomic E-state index is 0.222. The third kappa shape index (κ3) is 5.33. The molecule has 0 bridgehead atoms. The number of amides is 1. The molecule has 1 amide bonds. The molecule has 1 aliphatic rings. The van der Waals surface area contributed by atoms with Crippen molar-refractivity contribution in [3.63, 3.8) is 0 Å². The number of nitrogens with zero attached hydrogens (tertiary/aromatic N) is 2. The van der Waals surface area contributed by atoms with Gasteiger partial charge in [0.1, 0.15) is 5.75 Å². The summed E-state index contributed by atoms with van der Waals surface area (Å²) in [7, 11) is 1.69. The van der Waals surface area contributed by atoms with E-state index in [-0.39, 0.29) is 11.7 Å². The van der Waals surface area contributed by atoms with Crippen LogP contribution in [0.3, 0.4) is 0 Å². The molecule has 1 heterocycles. The Hall–Kier alpha value is -3.13. The van der Waals surface area contributed by atoms with Gasteiger partial charge in [-0.2, -0.15) is 0 Å². The first-order valence-corrected chi connectivity index (χ1v) is 11.7. The van der Waals surface area contributed by atoms with Crippen LogP contribution in [0.4, 0.5) is 5.69 Å². The van der Waals surface area contributed by atoms with E-state index in [4.69, 9.17) is 40.4 Å². The zero-order valence-electron chi connectivity index (χ0n) is 18.3. The Morgan fingerprint density at radius 2 is 1.82 bits per heavy atom. The number of hydrogen-bond donors (Lipinski definition) is 3. The number of benzene rings is 3. The van der Waals surface area contributed by atoms with Crippen molar-refractivity contribution in [3.8, 4) is 5.75 Å². The molecule has 0 aromatic heterocycles. The van der Waals surface area contributed by atoms with E-state index < -0.39 is 6.17 Å². The standard InChI is InChI=1S/C25H22Cl2N4O2S/c1-31-21-11-8-16(26)14-19(21)22(18-4-2-3-5-20(18)27)29-23(24(31)33)30-25(34)28-13-12-15-6-9-17(32)10-7-15/h2-11,14,23,32H,12-13H2,1H3,(H2,28,30,34). The van der Waals surface area contributed by atoms with E-state index >= 15 is 0 Å². The van der Waals surface area contributed by atoms with Gasteiger partial charge in [-0.15, -0.1) is 0 Å². The monoisotopic (exact) mass is 512 g/mol. The number of fused-ring (bicyclic) bond motifs is 1. The van der Waals surface area contributed by atoms with Gasteiger partial charge in [0, 0.05) is 34.8 Å². The van der Waals surface area contributed by atoms with Crippen molar-refractivity contribution >= 4 is 57.8 Å². The highest BCUT2D eigenvalue weighted by atomic mass is 35.5. The molecule has 0 fully saturated rings. The van der Waals surface area contributed by atoms with Crippen molar-refractivity contribution in [2.45, 2.75) is 12.6 Å². The number of anilines is 1. The number of hydrogen-bond acceptors (Lipinski definition) is 4. The molecule has 0 spiro atoms. The molecule has 4 rings (SSSR count). The molecule has 3 aromatic rings.